The van der Waals surface area contributed by atoms with Crippen molar-refractivity contribution in [1.82, 2.24) is 9.55 Å². The number of unbranched alkanes of at least 4 members (excludes halogenated alkanes) is 1. The molecule has 0 spiro atoms. The fourth-order valence-corrected chi connectivity index (χ4v) is 4.80. The number of nitrogens with zero attached hydrogens (tertiary/aromatic N) is 2. The van der Waals surface area contributed by atoms with E-state index in [-0.39, 0.29) is 11.4 Å². The lowest BCUT2D eigenvalue weighted by atomic mass is 9.99. The molecule has 0 amide bonds. The van der Waals surface area contributed by atoms with Crippen molar-refractivity contribution in [2.75, 3.05) is 0 Å². The number of ether oxygens (including phenoxy) is 1. The number of hydrogen-bond donors (Lipinski definition) is 2. The van der Waals surface area contributed by atoms with Gasteiger partial charge in [-0.15, -0.1) is 0 Å². The second kappa shape index (κ2) is 11.6. The van der Waals surface area contributed by atoms with Crippen LogP contribution in [0.5, 0.6) is 5.88 Å². The van der Waals surface area contributed by atoms with Gasteiger partial charge in [-0.05, 0) is 41.3 Å². The standard InChI is InChI=1S/C28H26N2O5S/c1-2-3-13-24-29-25(36-21-9-5-4-6-10-21)26(35-28(33)34)30(24)18-19-14-16-20(17-15-19)22-11-7-8-12-23(22)27(31)32/h4-12,14-17H,2-3,13,18H2,1H3,(H,31,32)(H,33,34). The molecule has 0 aliphatic rings. The molecule has 0 saturated heterocycles. The highest BCUT2D eigenvalue weighted by atomic mass is 32.2. The number of hydrogen-bond acceptors (Lipinski definition) is 5. The summed E-state index contributed by atoms with van der Waals surface area (Å²) in [5.74, 6) is -0.0258. The minimum atomic E-state index is -1.39. The number of rotatable bonds is 10. The fraction of sp³-hybridized carbons (Fsp3) is 0.179. The van der Waals surface area contributed by atoms with Crippen LogP contribution in [-0.2, 0) is 13.0 Å². The lowest BCUT2D eigenvalue weighted by Crippen LogP contribution is -2.12. The molecule has 1 heterocycles. The lowest BCUT2D eigenvalue weighted by Gasteiger charge is -2.12. The van der Waals surface area contributed by atoms with Gasteiger partial charge in [-0.3, -0.25) is 4.57 Å². The number of benzene rings is 3. The molecular weight excluding hydrogens is 476 g/mol. The topological polar surface area (TPSA) is 102 Å². The van der Waals surface area contributed by atoms with Crippen molar-refractivity contribution in [2.24, 2.45) is 0 Å². The molecule has 0 aliphatic heterocycles. The molecule has 0 bridgehead atoms. The van der Waals surface area contributed by atoms with Gasteiger partial charge in [-0.1, -0.05) is 85.8 Å². The van der Waals surface area contributed by atoms with Crippen molar-refractivity contribution in [1.29, 1.82) is 0 Å². The van der Waals surface area contributed by atoms with Gasteiger partial charge >= 0.3 is 12.1 Å². The third-order valence-electron chi connectivity index (χ3n) is 5.63. The number of aryl methyl sites for hydroxylation is 1. The summed E-state index contributed by atoms with van der Waals surface area (Å²) < 4.78 is 7.06. The fourth-order valence-electron chi connectivity index (χ4n) is 3.89. The first-order valence-electron chi connectivity index (χ1n) is 11.6. The zero-order chi connectivity index (χ0) is 25.5. The number of carboxylic acid groups (broad SMARTS) is 2. The van der Waals surface area contributed by atoms with Crippen LogP contribution in [0.3, 0.4) is 0 Å². The molecule has 184 valence electrons. The Balaban J connectivity index is 1.69. The van der Waals surface area contributed by atoms with Crippen LogP contribution in [0, 0.1) is 0 Å². The van der Waals surface area contributed by atoms with Crippen LogP contribution >= 0.6 is 11.8 Å². The second-order valence-electron chi connectivity index (χ2n) is 8.16. The first-order valence-corrected chi connectivity index (χ1v) is 12.4. The van der Waals surface area contributed by atoms with Gasteiger partial charge in [0.05, 0.1) is 12.1 Å². The minimum Gasteiger partial charge on any atom is -0.478 e. The van der Waals surface area contributed by atoms with Crippen molar-refractivity contribution in [3.05, 3.63) is 95.8 Å². The van der Waals surface area contributed by atoms with Gasteiger partial charge in [0.2, 0.25) is 5.88 Å². The number of aromatic carboxylic acids is 1. The van der Waals surface area contributed by atoms with Crippen LogP contribution in [0.25, 0.3) is 11.1 Å². The quantitative estimate of drug-likeness (QED) is 0.229. The molecule has 0 aliphatic carbocycles. The minimum absolute atomic E-state index is 0.197. The molecule has 0 radical (unpaired) electrons. The average molecular weight is 503 g/mol. The monoisotopic (exact) mass is 502 g/mol. The summed E-state index contributed by atoms with van der Waals surface area (Å²) in [6.45, 7) is 2.46. The van der Waals surface area contributed by atoms with Gasteiger partial charge in [0, 0.05) is 11.3 Å². The zero-order valence-electron chi connectivity index (χ0n) is 19.8. The van der Waals surface area contributed by atoms with Crippen LogP contribution in [0.4, 0.5) is 4.79 Å². The van der Waals surface area contributed by atoms with E-state index < -0.39 is 12.1 Å². The molecule has 7 nitrogen and oxygen atoms in total. The Kier molecular flexibility index (Phi) is 8.07. The molecule has 1 aromatic heterocycles. The van der Waals surface area contributed by atoms with E-state index >= 15 is 0 Å². The third-order valence-corrected chi connectivity index (χ3v) is 6.60. The zero-order valence-corrected chi connectivity index (χ0v) is 20.6. The van der Waals surface area contributed by atoms with Crippen molar-refractivity contribution in [2.45, 2.75) is 42.7 Å². The average Bonchev–Trinajstić information content (AvgIpc) is 3.18. The maximum Gasteiger partial charge on any atom is 0.512 e. The Hall–Kier alpha value is -4.04. The highest BCUT2D eigenvalue weighted by Gasteiger charge is 2.22. The van der Waals surface area contributed by atoms with Crippen molar-refractivity contribution >= 4 is 23.9 Å². The van der Waals surface area contributed by atoms with E-state index in [1.807, 2.05) is 65.2 Å². The van der Waals surface area contributed by atoms with Crippen LogP contribution in [0.15, 0.2) is 88.8 Å². The molecule has 4 rings (SSSR count). The van der Waals surface area contributed by atoms with Crippen LogP contribution in [-0.4, -0.2) is 31.9 Å². The van der Waals surface area contributed by atoms with Gasteiger partial charge in [0.25, 0.3) is 0 Å². The van der Waals surface area contributed by atoms with Gasteiger partial charge in [0.1, 0.15) is 5.82 Å². The third kappa shape index (κ3) is 5.95. The number of carbonyl (C=O) groups is 2. The molecule has 0 unspecified atom stereocenters. The first kappa shape index (κ1) is 25.1. The molecule has 8 heteroatoms. The predicted molar refractivity (Wildman–Crippen MR) is 138 cm³/mol. The molecule has 2 N–H and O–H groups in total. The van der Waals surface area contributed by atoms with Crippen LogP contribution < -0.4 is 4.74 Å². The van der Waals surface area contributed by atoms with Gasteiger partial charge < -0.3 is 14.9 Å². The summed E-state index contributed by atoms with van der Waals surface area (Å²) in [6, 6.07) is 24.1. The van der Waals surface area contributed by atoms with Crippen molar-refractivity contribution in [3.8, 4) is 17.0 Å². The predicted octanol–water partition coefficient (Wildman–Crippen LogP) is 6.85. The molecule has 0 atom stereocenters. The van der Waals surface area contributed by atoms with Crippen LogP contribution in [0.2, 0.25) is 0 Å². The van der Waals surface area contributed by atoms with E-state index in [1.54, 1.807) is 18.2 Å². The van der Waals surface area contributed by atoms with E-state index in [2.05, 4.69) is 6.92 Å². The summed E-state index contributed by atoms with van der Waals surface area (Å²) in [6.07, 6.45) is 1.17. The summed E-state index contributed by atoms with van der Waals surface area (Å²) in [4.78, 5) is 28.9. The summed E-state index contributed by atoms with van der Waals surface area (Å²) in [7, 11) is 0. The lowest BCUT2D eigenvalue weighted by molar-refractivity contribution is 0.0697. The van der Waals surface area contributed by atoms with E-state index in [4.69, 9.17) is 9.72 Å². The van der Waals surface area contributed by atoms with Crippen molar-refractivity contribution < 1.29 is 24.5 Å². The molecule has 0 saturated carbocycles. The molecular formula is C28H26N2O5S. The maximum atomic E-state index is 11.6. The summed E-state index contributed by atoms with van der Waals surface area (Å²) in [5, 5.41) is 19.5. The molecule has 36 heavy (non-hydrogen) atoms. The van der Waals surface area contributed by atoms with E-state index in [0.29, 0.717) is 23.6 Å². The number of aromatic nitrogens is 2. The van der Waals surface area contributed by atoms with Crippen LogP contribution in [0.1, 0.15) is 41.5 Å². The highest BCUT2D eigenvalue weighted by molar-refractivity contribution is 7.99. The number of carboxylic acids is 1. The smallest absolute Gasteiger partial charge is 0.478 e. The Morgan fingerprint density at radius 1 is 0.944 bits per heavy atom. The summed E-state index contributed by atoms with van der Waals surface area (Å²) >= 11 is 1.36. The van der Waals surface area contributed by atoms with E-state index in [1.165, 1.54) is 11.8 Å². The Labute approximate surface area is 213 Å². The highest BCUT2D eigenvalue weighted by Crippen LogP contribution is 2.36. The first-order chi connectivity index (χ1) is 17.5. The number of imidazole rings is 1. The largest absolute Gasteiger partial charge is 0.512 e. The Morgan fingerprint density at radius 3 is 2.31 bits per heavy atom. The maximum absolute atomic E-state index is 11.6. The second-order valence-corrected chi connectivity index (χ2v) is 9.22. The van der Waals surface area contributed by atoms with Gasteiger partial charge in [0.15, 0.2) is 5.03 Å². The Morgan fingerprint density at radius 2 is 1.64 bits per heavy atom. The van der Waals surface area contributed by atoms with Crippen molar-refractivity contribution in [3.63, 3.8) is 0 Å². The van der Waals surface area contributed by atoms with Gasteiger partial charge in [-0.2, -0.15) is 0 Å². The molecule has 4 aromatic rings. The normalized spacial score (nSPS) is 10.8. The Bertz CT molecular complexity index is 1350. The molecule has 0 fully saturated rings. The SMILES string of the molecule is CCCCc1nc(Sc2ccccc2)c(OC(=O)O)n1Cc1ccc(-c2ccccc2C(=O)O)cc1. The van der Waals surface area contributed by atoms with E-state index in [0.717, 1.165) is 34.7 Å². The molecule has 3 aromatic carbocycles. The van der Waals surface area contributed by atoms with E-state index in [9.17, 15) is 19.8 Å². The summed E-state index contributed by atoms with van der Waals surface area (Å²) in [5.41, 5.74) is 2.57. The van der Waals surface area contributed by atoms with Gasteiger partial charge in [-0.25, -0.2) is 14.6 Å².